The van der Waals surface area contributed by atoms with Crippen molar-refractivity contribution in [1.82, 2.24) is 15.2 Å². The molecule has 2 N–H and O–H groups in total. The van der Waals surface area contributed by atoms with E-state index >= 15 is 0 Å². The fourth-order valence-electron chi connectivity index (χ4n) is 3.01. The summed E-state index contributed by atoms with van der Waals surface area (Å²) in [6.45, 7) is 0. The number of nitrogens with one attached hydrogen (secondary N) is 1. The van der Waals surface area contributed by atoms with Crippen LogP contribution in [-0.2, 0) is 0 Å². The van der Waals surface area contributed by atoms with E-state index < -0.39 is 0 Å². The molecule has 4 rings (SSSR count). The van der Waals surface area contributed by atoms with Crippen molar-refractivity contribution in [3.63, 3.8) is 0 Å². The smallest absolute Gasteiger partial charge is 0.271 e. The molecule has 154 valence electrons. The van der Waals surface area contributed by atoms with Gasteiger partial charge < -0.3 is 9.84 Å². The number of hydrogen-bond acceptors (Lipinski definition) is 5. The van der Waals surface area contributed by atoms with Crippen molar-refractivity contribution in [2.75, 3.05) is 7.11 Å². The molecule has 0 saturated heterocycles. The summed E-state index contributed by atoms with van der Waals surface area (Å²) in [5.74, 6) is 0.470. The van der Waals surface area contributed by atoms with Crippen molar-refractivity contribution >= 4 is 12.1 Å². The summed E-state index contributed by atoms with van der Waals surface area (Å²) in [6.07, 6.45) is 3.41. The monoisotopic (exact) mass is 412 g/mol. The maximum Gasteiger partial charge on any atom is 0.271 e. The standard InChI is InChI=1S/C24H20N4O3/c1-31-22-13-9-17(10-14-22)23-19(16-28(27-23)20-5-3-2-4-6-20)15-25-26-24(30)18-7-11-21(29)12-8-18/h2-16,29H,1H3,(H,26,30)/b25-15-. The summed E-state index contributed by atoms with van der Waals surface area (Å²) in [5.41, 5.74) is 6.15. The summed E-state index contributed by atoms with van der Waals surface area (Å²) in [6, 6.07) is 23.3. The molecule has 0 fully saturated rings. The van der Waals surface area contributed by atoms with Crippen LogP contribution >= 0.6 is 0 Å². The van der Waals surface area contributed by atoms with E-state index in [1.807, 2.05) is 60.8 Å². The Labute approximate surface area is 179 Å². The second-order valence-corrected chi connectivity index (χ2v) is 6.69. The van der Waals surface area contributed by atoms with E-state index in [0.29, 0.717) is 11.3 Å². The number of ether oxygens (including phenoxy) is 1. The number of aromatic nitrogens is 2. The van der Waals surface area contributed by atoms with Gasteiger partial charge in [0, 0.05) is 22.9 Å². The van der Waals surface area contributed by atoms with Crippen LogP contribution in [0.4, 0.5) is 0 Å². The van der Waals surface area contributed by atoms with Crippen LogP contribution in [0, 0.1) is 0 Å². The van der Waals surface area contributed by atoms with E-state index in [1.165, 1.54) is 24.3 Å². The van der Waals surface area contributed by atoms with Crippen molar-refractivity contribution in [2.24, 2.45) is 5.10 Å². The minimum Gasteiger partial charge on any atom is -0.508 e. The predicted molar refractivity (Wildman–Crippen MR) is 119 cm³/mol. The van der Waals surface area contributed by atoms with Gasteiger partial charge in [-0.3, -0.25) is 4.79 Å². The van der Waals surface area contributed by atoms with Crippen LogP contribution in [0.3, 0.4) is 0 Å². The van der Waals surface area contributed by atoms with Crippen molar-refractivity contribution in [1.29, 1.82) is 0 Å². The van der Waals surface area contributed by atoms with Gasteiger partial charge in [-0.05, 0) is 60.7 Å². The summed E-state index contributed by atoms with van der Waals surface area (Å²) in [4.78, 5) is 12.3. The highest BCUT2D eigenvalue weighted by Crippen LogP contribution is 2.25. The maximum absolute atomic E-state index is 12.3. The van der Waals surface area contributed by atoms with Crippen LogP contribution in [0.5, 0.6) is 11.5 Å². The molecule has 1 amide bonds. The molecule has 1 heterocycles. The molecular formula is C24H20N4O3. The largest absolute Gasteiger partial charge is 0.508 e. The zero-order chi connectivity index (χ0) is 21.6. The second kappa shape index (κ2) is 8.96. The lowest BCUT2D eigenvalue weighted by Gasteiger charge is -2.03. The highest BCUT2D eigenvalue weighted by Gasteiger charge is 2.12. The molecule has 4 aromatic rings. The van der Waals surface area contributed by atoms with Gasteiger partial charge in [0.15, 0.2) is 0 Å². The first-order valence-corrected chi connectivity index (χ1v) is 9.56. The Morgan fingerprint density at radius 2 is 1.74 bits per heavy atom. The molecule has 0 aliphatic rings. The van der Waals surface area contributed by atoms with Gasteiger partial charge in [0.1, 0.15) is 17.2 Å². The van der Waals surface area contributed by atoms with Crippen LogP contribution in [-0.4, -0.2) is 34.1 Å². The van der Waals surface area contributed by atoms with Crippen LogP contribution in [0.15, 0.2) is 90.2 Å². The van der Waals surface area contributed by atoms with E-state index in [-0.39, 0.29) is 11.7 Å². The molecule has 3 aromatic carbocycles. The molecule has 0 spiro atoms. The lowest BCUT2D eigenvalue weighted by Crippen LogP contribution is -2.17. The number of hydrogen-bond donors (Lipinski definition) is 2. The first kappa shape index (κ1) is 19.9. The molecule has 1 aromatic heterocycles. The van der Waals surface area contributed by atoms with Crippen LogP contribution in [0.25, 0.3) is 16.9 Å². The topological polar surface area (TPSA) is 88.7 Å². The summed E-state index contributed by atoms with van der Waals surface area (Å²) in [5, 5.41) is 18.2. The Balaban J connectivity index is 1.63. The third-order valence-electron chi connectivity index (χ3n) is 4.63. The highest BCUT2D eigenvalue weighted by atomic mass is 16.5. The van der Waals surface area contributed by atoms with Crippen molar-refractivity contribution < 1.29 is 14.6 Å². The lowest BCUT2D eigenvalue weighted by atomic mass is 10.1. The Kier molecular flexibility index (Phi) is 5.75. The maximum atomic E-state index is 12.3. The number of aromatic hydroxyl groups is 1. The number of para-hydroxylation sites is 1. The molecule has 31 heavy (non-hydrogen) atoms. The van der Waals surface area contributed by atoms with Gasteiger partial charge in [0.05, 0.1) is 19.0 Å². The van der Waals surface area contributed by atoms with Crippen molar-refractivity contribution in [2.45, 2.75) is 0 Å². The van der Waals surface area contributed by atoms with Crippen LogP contribution in [0.2, 0.25) is 0 Å². The quantitative estimate of drug-likeness (QED) is 0.370. The Hall–Kier alpha value is -4.39. The summed E-state index contributed by atoms with van der Waals surface area (Å²) in [7, 11) is 1.62. The number of benzene rings is 3. The molecule has 0 aliphatic heterocycles. The fourth-order valence-corrected chi connectivity index (χ4v) is 3.01. The minimum atomic E-state index is -0.377. The van der Waals surface area contributed by atoms with Crippen molar-refractivity contribution in [3.8, 4) is 28.4 Å². The number of methoxy groups -OCH3 is 1. The van der Waals surface area contributed by atoms with Gasteiger partial charge in [-0.2, -0.15) is 10.2 Å². The van der Waals surface area contributed by atoms with E-state index in [2.05, 4.69) is 10.5 Å². The van der Waals surface area contributed by atoms with Gasteiger partial charge in [-0.15, -0.1) is 0 Å². The Morgan fingerprint density at radius 3 is 2.42 bits per heavy atom. The Bertz CT molecular complexity index is 1200. The molecular weight excluding hydrogens is 392 g/mol. The molecule has 0 unspecified atom stereocenters. The number of rotatable bonds is 6. The number of amides is 1. The molecule has 0 atom stereocenters. The summed E-state index contributed by atoms with van der Waals surface area (Å²) < 4.78 is 7.00. The SMILES string of the molecule is COc1ccc(-c2nn(-c3ccccc3)cc2/C=N\NC(=O)c2ccc(O)cc2)cc1. The first-order chi connectivity index (χ1) is 15.1. The number of nitrogens with zero attached hydrogens (tertiary/aromatic N) is 3. The zero-order valence-corrected chi connectivity index (χ0v) is 16.8. The molecule has 0 saturated carbocycles. The molecule has 0 radical (unpaired) electrons. The number of phenolic OH excluding ortho intramolecular Hbond substituents is 1. The summed E-state index contributed by atoms with van der Waals surface area (Å²) >= 11 is 0. The number of carbonyl (C=O) groups excluding carboxylic acids is 1. The van der Waals surface area contributed by atoms with Gasteiger partial charge >= 0.3 is 0 Å². The van der Waals surface area contributed by atoms with Crippen LogP contribution in [0.1, 0.15) is 15.9 Å². The number of hydrazone groups is 1. The average Bonchev–Trinajstić information content (AvgIpc) is 3.24. The van der Waals surface area contributed by atoms with E-state index in [1.54, 1.807) is 18.0 Å². The number of carbonyl (C=O) groups is 1. The van der Waals surface area contributed by atoms with E-state index in [0.717, 1.165) is 22.6 Å². The minimum absolute atomic E-state index is 0.0949. The van der Waals surface area contributed by atoms with Gasteiger partial charge in [-0.1, -0.05) is 18.2 Å². The predicted octanol–water partition coefficient (Wildman–Crippen LogP) is 4.02. The van der Waals surface area contributed by atoms with Gasteiger partial charge in [0.25, 0.3) is 5.91 Å². The van der Waals surface area contributed by atoms with Gasteiger partial charge in [0.2, 0.25) is 0 Å². The Morgan fingerprint density at radius 1 is 1.03 bits per heavy atom. The fraction of sp³-hybridized carbons (Fsp3) is 0.0417. The second-order valence-electron chi connectivity index (χ2n) is 6.69. The van der Waals surface area contributed by atoms with Gasteiger partial charge in [-0.25, -0.2) is 10.1 Å². The third kappa shape index (κ3) is 4.62. The first-order valence-electron chi connectivity index (χ1n) is 9.56. The molecule has 0 aliphatic carbocycles. The number of phenols is 1. The van der Waals surface area contributed by atoms with Crippen molar-refractivity contribution in [3.05, 3.63) is 96.2 Å². The van der Waals surface area contributed by atoms with E-state index in [4.69, 9.17) is 9.84 Å². The molecule has 7 heteroatoms. The zero-order valence-electron chi connectivity index (χ0n) is 16.8. The highest BCUT2D eigenvalue weighted by molar-refractivity contribution is 5.95. The normalized spacial score (nSPS) is 10.9. The third-order valence-corrected chi connectivity index (χ3v) is 4.63. The molecule has 0 bridgehead atoms. The molecule has 7 nitrogen and oxygen atoms in total. The lowest BCUT2D eigenvalue weighted by molar-refractivity contribution is 0.0955. The van der Waals surface area contributed by atoms with Crippen LogP contribution < -0.4 is 10.2 Å². The van der Waals surface area contributed by atoms with E-state index in [9.17, 15) is 9.90 Å². The average molecular weight is 412 g/mol.